The molecular formula is C22H26FN3O4. The van der Waals surface area contributed by atoms with Crippen LogP contribution in [0.3, 0.4) is 0 Å². The summed E-state index contributed by atoms with van der Waals surface area (Å²) in [6, 6.07) is 10.9. The molecule has 0 aliphatic carbocycles. The zero-order valence-corrected chi connectivity index (χ0v) is 17.0. The quantitative estimate of drug-likeness (QED) is 0.704. The second-order valence-electron chi connectivity index (χ2n) is 7.62. The number of ether oxygens (including phenoxy) is 1. The van der Waals surface area contributed by atoms with Gasteiger partial charge in [-0.3, -0.25) is 9.69 Å². The van der Waals surface area contributed by atoms with Gasteiger partial charge < -0.3 is 20.5 Å². The predicted molar refractivity (Wildman–Crippen MR) is 111 cm³/mol. The second-order valence-corrected chi connectivity index (χ2v) is 7.62. The zero-order chi connectivity index (χ0) is 21.8. The van der Waals surface area contributed by atoms with Crippen LogP contribution in [-0.2, 0) is 11.3 Å². The summed E-state index contributed by atoms with van der Waals surface area (Å²) in [4.78, 5) is 28.1. The number of nitrogens with two attached hydrogens (primary N) is 1. The third-order valence-electron chi connectivity index (χ3n) is 5.35. The molecule has 0 aromatic heterocycles. The molecule has 0 unspecified atom stereocenters. The van der Waals surface area contributed by atoms with Crippen molar-refractivity contribution in [2.75, 3.05) is 25.4 Å². The summed E-state index contributed by atoms with van der Waals surface area (Å²) in [5.41, 5.74) is 6.94. The van der Waals surface area contributed by atoms with Crippen LogP contribution in [-0.4, -0.2) is 58.6 Å². The highest BCUT2D eigenvalue weighted by Crippen LogP contribution is 2.27. The van der Waals surface area contributed by atoms with Gasteiger partial charge in [-0.15, -0.1) is 0 Å². The van der Waals surface area contributed by atoms with Crippen LogP contribution >= 0.6 is 0 Å². The molecule has 1 saturated heterocycles. The van der Waals surface area contributed by atoms with Gasteiger partial charge in [-0.25, -0.2) is 9.18 Å². The Kier molecular flexibility index (Phi) is 6.56. The van der Waals surface area contributed by atoms with Crippen molar-refractivity contribution in [2.45, 2.75) is 32.5 Å². The second kappa shape index (κ2) is 9.13. The maximum absolute atomic E-state index is 13.1. The van der Waals surface area contributed by atoms with Gasteiger partial charge in [0.1, 0.15) is 11.4 Å². The van der Waals surface area contributed by atoms with Gasteiger partial charge in [-0.05, 0) is 43.7 Å². The van der Waals surface area contributed by atoms with Gasteiger partial charge in [0.05, 0.1) is 5.69 Å². The normalized spacial score (nSPS) is 19.5. The van der Waals surface area contributed by atoms with Crippen LogP contribution in [0, 0.1) is 5.82 Å². The van der Waals surface area contributed by atoms with Gasteiger partial charge in [-0.2, -0.15) is 0 Å². The molecule has 160 valence electrons. The molecule has 0 radical (unpaired) electrons. The molecule has 30 heavy (non-hydrogen) atoms. The number of para-hydroxylation sites is 1. The number of nitrogen functional groups attached to an aromatic ring is 1. The monoisotopic (exact) mass is 415 g/mol. The molecule has 0 spiro atoms. The minimum atomic E-state index is -1.17. The lowest BCUT2D eigenvalue weighted by Gasteiger charge is -2.44. The first kappa shape index (κ1) is 21.6. The minimum absolute atomic E-state index is 0.00833. The Morgan fingerprint density at radius 3 is 2.50 bits per heavy atom. The fourth-order valence-corrected chi connectivity index (χ4v) is 3.69. The summed E-state index contributed by atoms with van der Waals surface area (Å²) >= 11 is 0. The largest absolute Gasteiger partial charge is 0.481 e. The Morgan fingerprint density at radius 1 is 1.13 bits per heavy atom. The number of carboxylic acids is 1. The summed E-state index contributed by atoms with van der Waals surface area (Å²) < 4.78 is 18.6. The summed E-state index contributed by atoms with van der Waals surface area (Å²) in [6.45, 7) is 5.56. The van der Waals surface area contributed by atoms with Crippen LogP contribution in [0.25, 0.3) is 0 Å². The fourth-order valence-electron chi connectivity index (χ4n) is 3.69. The molecule has 0 bridgehead atoms. The number of amides is 1. The van der Waals surface area contributed by atoms with Crippen LogP contribution in [0.1, 0.15) is 29.8 Å². The first-order valence-corrected chi connectivity index (χ1v) is 9.78. The first-order chi connectivity index (χ1) is 14.3. The average molecular weight is 415 g/mol. The lowest BCUT2D eigenvalue weighted by atomic mass is 10.1. The van der Waals surface area contributed by atoms with E-state index in [0.717, 1.165) is 5.56 Å². The van der Waals surface area contributed by atoms with Crippen LogP contribution < -0.4 is 10.5 Å². The summed E-state index contributed by atoms with van der Waals surface area (Å²) in [6.07, 6.45) is 0. The smallest absolute Gasteiger partial charge is 0.339 e. The maximum Gasteiger partial charge on any atom is 0.339 e. The number of rotatable bonds is 6. The first-order valence-electron chi connectivity index (χ1n) is 9.78. The third-order valence-corrected chi connectivity index (χ3v) is 5.35. The van der Waals surface area contributed by atoms with Crippen molar-refractivity contribution in [1.29, 1.82) is 0 Å². The van der Waals surface area contributed by atoms with Crippen molar-refractivity contribution in [1.82, 2.24) is 9.80 Å². The van der Waals surface area contributed by atoms with E-state index in [0.29, 0.717) is 19.6 Å². The highest BCUT2D eigenvalue weighted by Gasteiger charge is 2.32. The van der Waals surface area contributed by atoms with Gasteiger partial charge in [0.2, 0.25) is 0 Å². The lowest BCUT2D eigenvalue weighted by molar-refractivity contribution is -0.139. The van der Waals surface area contributed by atoms with Gasteiger partial charge in [0, 0.05) is 31.7 Å². The molecule has 2 aromatic carbocycles. The maximum atomic E-state index is 13.1. The van der Waals surface area contributed by atoms with Crippen molar-refractivity contribution in [2.24, 2.45) is 0 Å². The lowest BCUT2D eigenvalue weighted by Crippen LogP contribution is -2.58. The van der Waals surface area contributed by atoms with Crippen LogP contribution in [0.4, 0.5) is 10.1 Å². The molecule has 1 fully saturated rings. The number of aromatic carboxylic acids is 1. The summed E-state index contributed by atoms with van der Waals surface area (Å²) in [5.74, 6) is -1.65. The molecule has 3 rings (SSSR count). The van der Waals surface area contributed by atoms with Crippen molar-refractivity contribution in [3.63, 3.8) is 0 Å². The number of carbonyl (C=O) groups is 2. The van der Waals surface area contributed by atoms with Crippen molar-refractivity contribution in [3.05, 3.63) is 59.4 Å². The van der Waals surface area contributed by atoms with E-state index in [1.54, 1.807) is 17.0 Å². The molecule has 2 aromatic rings. The van der Waals surface area contributed by atoms with E-state index in [-0.39, 0.29) is 47.4 Å². The predicted octanol–water partition coefficient (Wildman–Crippen LogP) is 2.61. The van der Waals surface area contributed by atoms with E-state index in [9.17, 15) is 19.1 Å². The van der Waals surface area contributed by atoms with E-state index in [1.165, 1.54) is 30.3 Å². The molecule has 1 heterocycles. The van der Waals surface area contributed by atoms with E-state index in [4.69, 9.17) is 10.5 Å². The standard InChI is InChI=1S/C22H26FN3O4/c1-14-11-26(15(2)10-25(14)12-16-6-8-17(23)9-7-16)20(27)13-30-21-18(22(28)29)4-3-5-19(21)24/h3-9,14-15H,10-13,24H2,1-2H3,(H,28,29)/t14-,15+/m0/s1. The topological polar surface area (TPSA) is 96.1 Å². The number of anilines is 1. The number of piperazine rings is 1. The molecule has 0 saturated carbocycles. The number of halogens is 1. The molecule has 7 nitrogen and oxygen atoms in total. The third kappa shape index (κ3) is 4.88. The van der Waals surface area contributed by atoms with Gasteiger partial charge in [0.25, 0.3) is 5.91 Å². The van der Waals surface area contributed by atoms with E-state index < -0.39 is 5.97 Å². The van der Waals surface area contributed by atoms with Crippen LogP contribution in [0.5, 0.6) is 5.75 Å². The number of hydrogen-bond donors (Lipinski definition) is 2. The summed E-state index contributed by atoms with van der Waals surface area (Å²) in [7, 11) is 0. The van der Waals surface area contributed by atoms with Gasteiger partial charge in [-0.1, -0.05) is 18.2 Å². The molecule has 1 aliphatic rings. The Bertz CT molecular complexity index is 919. The molecular weight excluding hydrogens is 389 g/mol. The number of benzene rings is 2. The van der Waals surface area contributed by atoms with Crippen molar-refractivity contribution < 1.29 is 23.8 Å². The number of nitrogens with zero attached hydrogens (tertiary/aromatic N) is 2. The fraction of sp³-hybridized carbons (Fsp3) is 0.364. The molecule has 1 amide bonds. The highest BCUT2D eigenvalue weighted by atomic mass is 19.1. The SMILES string of the molecule is C[C@@H]1CN(Cc2ccc(F)cc2)[C@@H](C)CN1C(=O)COc1c(N)cccc1C(=O)O. The van der Waals surface area contributed by atoms with E-state index in [1.807, 2.05) is 13.8 Å². The Morgan fingerprint density at radius 2 is 1.83 bits per heavy atom. The van der Waals surface area contributed by atoms with Crippen molar-refractivity contribution in [3.8, 4) is 5.75 Å². The Hall–Kier alpha value is -3.13. The minimum Gasteiger partial charge on any atom is -0.481 e. The molecule has 1 aliphatic heterocycles. The van der Waals surface area contributed by atoms with E-state index >= 15 is 0 Å². The Balaban J connectivity index is 1.62. The van der Waals surface area contributed by atoms with E-state index in [2.05, 4.69) is 4.90 Å². The van der Waals surface area contributed by atoms with Gasteiger partial charge in [0.15, 0.2) is 12.4 Å². The van der Waals surface area contributed by atoms with Crippen molar-refractivity contribution >= 4 is 17.6 Å². The van der Waals surface area contributed by atoms with Gasteiger partial charge >= 0.3 is 5.97 Å². The summed E-state index contributed by atoms with van der Waals surface area (Å²) in [5, 5.41) is 9.29. The average Bonchev–Trinajstić information content (AvgIpc) is 2.70. The number of carbonyl (C=O) groups excluding carboxylic acids is 1. The molecule has 8 heteroatoms. The van der Waals surface area contributed by atoms with Crippen LogP contribution in [0.2, 0.25) is 0 Å². The zero-order valence-electron chi connectivity index (χ0n) is 17.0. The molecule has 3 N–H and O–H groups in total. The Labute approximate surface area is 174 Å². The van der Waals surface area contributed by atoms with Crippen LogP contribution in [0.15, 0.2) is 42.5 Å². The number of carboxylic acid groups (broad SMARTS) is 1. The highest BCUT2D eigenvalue weighted by molar-refractivity contribution is 5.93. The number of hydrogen-bond acceptors (Lipinski definition) is 5. The molecule has 2 atom stereocenters.